The molecule has 3 nitrogen and oxygen atoms in total. The number of aromatic nitrogens is 3. The molecule has 0 bridgehead atoms. The molecule has 3 heteroatoms. The normalized spacial score (nSPS) is 10.4. The van der Waals surface area contributed by atoms with E-state index >= 15 is 0 Å². The lowest BCUT2D eigenvalue weighted by atomic mass is 10.1. The standard InChI is InChI=1S/C11H13N3/c1-8-3-5-10(6-4-8)7-11-12-9(2)13-14-11/h3-6H,7H2,1-2H3,(H,12,13,14). The van der Waals surface area contributed by atoms with Gasteiger partial charge in [-0.1, -0.05) is 29.8 Å². The molecule has 1 aromatic carbocycles. The van der Waals surface area contributed by atoms with Crippen LogP contribution in [0.5, 0.6) is 0 Å². The maximum Gasteiger partial charge on any atom is 0.155 e. The van der Waals surface area contributed by atoms with Crippen LogP contribution < -0.4 is 0 Å². The Morgan fingerprint density at radius 2 is 1.86 bits per heavy atom. The van der Waals surface area contributed by atoms with Gasteiger partial charge in [-0.2, -0.15) is 5.10 Å². The number of H-pyrrole nitrogens is 1. The Bertz CT molecular complexity index is 414. The van der Waals surface area contributed by atoms with Gasteiger partial charge in [0, 0.05) is 6.42 Å². The summed E-state index contributed by atoms with van der Waals surface area (Å²) < 4.78 is 0. The van der Waals surface area contributed by atoms with Crippen LogP contribution in [0.3, 0.4) is 0 Å². The van der Waals surface area contributed by atoms with Crippen molar-refractivity contribution in [1.29, 1.82) is 0 Å². The van der Waals surface area contributed by atoms with Crippen molar-refractivity contribution in [3.63, 3.8) is 0 Å². The van der Waals surface area contributed by atoms with Crippen LogP contribution in [0.4, 0.5) is 0 Å². The van der Waals surface area contributed by atoms with E-state index in [1.54, 1.807) is 0 Å². The molecule has 1 N–H and O–H groups in total. The number of aromatic amines is 1. The molecular weight excluding hydrogens is 174 g/mol. The fourth-order valence-electron chi connectivity index (χ4n) is 1.36. The van der Waals surface area contributed by atoms with Gasteiger partial charge in [-0.05, 0) is 19.4 Å². The van der Waals surface area contributed by atoms with Gasteiger partial charge < -0.3 is 0 Å². The number of hydrogen-bond acceptors (Lipinski definition) is 2. The van der Waals surface area contributed by atoms with E-state index in [0.29, 0.717) is 0 Å². The van der Waals surface area contributed by atoms with Crippen molar-refractivity contribution in [2.75, 3.05) is 0 Å². The molecule has 14 heavy (non-hydrogen) atoms. The summed E-state index contributed by atoms with van der Waals surface area (Å²) in [5.74, 6) is 1.72. The van der Waals surface area contributed by atoms with Crippen LogP contribution in [0.15, 0.2) is 24.3 Å². The van der Waals surface area contributed by atoms with Gasteiger partial charge in [0.25, 0.3) is 0 Å². The molecule has 72 valence electrons. The van der Waals surface area contributed by atoms with Crippen molar-refractivity contribution in [3.8, 4) is 0 Å². The summed E-state index contributed by atoms with van der Waals surface area (Å²) in [5.41, 5.74) is 2.52. The maximum absolute atomic E-state index is 4.26. The first kappa shape index (κ1) is 8.94. The zero-order chi connectivity index (χ0) is 9.97. The number of nitrogens with one attached hydrogen (secondary N) is 1. The van der Waals surface area contributed by atoms with Crippen LogP contribution in [0.1, 0.15) is 22.8 Å². The highest BCUT2D eigenvalue weighted by molar-refractivity contribution is 5.23. The molecule has 0 aliphatic carbocycles. The minimum Gasteiger partial charge on any atom is -0.263 e. The summed E-state index contributed by atoms with van der Waals surface area (Å²) in [5, 5.41) is 6.94. The lowest BCUT2D eigenvalue weighted by Gasteiger charge is -1.97. The molecule has 0 atom stereocenters. The molecule has 0 saturated carbocycles. The Morgan fingerprint density at radius 3 is 2.43 bits per heavy atom. The molecule has 0 saturated heterocycles. The van der Waals surface area contributed by atoms with Crippen molar-refractivity contribution in [1.82, 2.24) is 15.2 Å². The highest BCUT2D eigenvalue weighted by Gasteiger charge is 2.00. The Morgan fingerprint density at radius 1 is 1.14 bits per heavy atom. The van der Waals surface area contributed by atoms with E-state index in [0.717, 1.165) is 18.1 Å². The van der Waals surface area contributed by atoms with Gasteiger partial charge in [-0.3, -0.25) is 5.10 Å². The van der Waals surface area contributed by atoms with Crippen molar-refractivity contribution < 1.29 is 0 Å². The third-order valence-corrected chi connectivity index (χ3v) is 2.13. The van der Waals surface area contributed by atoms with Crippen LogP contribution in [0, 0.1) is 13.8 Å². The van der Waals surface area contributed by atoms with Crippen LogP contribution >= 0.6 is 0 Å². The monoisotopic (exact) mass is 187 g/mol. The van der Waals surface area contributed by atoms with E-state index in [1.165, 1.54) is 11.1 Å². The molecule has 1 aromatic heterocycles. The molecular formula is C11H13N3. The molecule has 0 aliphatic heterocycles. The quantitative estimate of drug-likeness (QED) is 0.781. The molecule has 2 aromatic rings. The molecule has 0 spiro atoms. The van der Waals surface area contributed by atoms with Gasteiger partial charge in [-0.25, -0.2) is 4.98 Å². The molecule has 1 heterocycles. The Hall–Kier alpha value is -1.64. The van der Waals surface area contributed by atoms with Crippen molar-refractivity contribution in [3.05, 3.63) is 47.0 Å². The van der Waals surface area contributed by atoms with Gasteiger partial charge >= 0.3 is 0 Å². The number of aryl methyl sites for hydroxylation is 2. The van der Waals surface area contributed by atoms with Gasteiger partial charge in [0.2, 0.25) is 0 Å². The van der Waals surface area contributed by atoms with E-state index in [9.17, 15) is 0 Å². The van der Waals surface area contributed by atoms with Gasteiger partial charge in [0.15, 0.2) is 5.82 Å². The average molecular weight is 187 g/mol. The molecule has 0 amide bonds. The largest absolute Gasteiger partial charge is 0.263 e. The van der Waals surface area contributed by atoms with Crippen molar-refractivity contribution in [2.24, 2.45) is 0 Å². The number of rotatable bonds is 2. The van der Waals surface area contributed by atoms with Gasteiger partial charge in [0.1, 0.15) is 5.82 Å². The fourth-order valence-corrected chi connectivity index (χ4v) is 1.36. The molecule has 0 unspecified atom stereocenters. The first-order chi connectivity index (χ1) is 6.74. The van der Waals surface area contributed by atoms with Gasteiger partial charge in [0.05, 0.1) is 0 Å². The zero-order valence-corrected chi connectivity index (χ0v) is 8.41. The summed E-state index contributed by atoms with van der Waals surface area (Å²) in [7, 11) is 0. The van der Waals surface area contributed by atoms with E-state index in [1.807, 2.05) is 6.92 Å². The molecule has 2 rings (SSSR count). The highest BCUT2D eigenvalue weighted by atomic mass is 15.2. The maximum atomic E-state index is 4.26. The van der Waals surface area contributed by atoms with Crippen molar-refractivity contribution >= 4 is 0 Å². The lowest BCUT2D eigenvalue weighted by molar-refractivity contribution is 0.969. The zero-order valence-electron chi connectivity index (χ0n) is 8.41. The van der Waals surface area contributed by atoms with E-state index in [-0.39, 0.29) is 0 Å². The Labute approximate surface area is 83.2 Å². The minimum absolute atomic E-state index is 0.796. The van der Waals surface area contributed by atoms with Crippen molar-refractivity contribution in [2.45, 2.75) is 20.3 Å². The second kappa shape index (κ2) is 3.62. The van der Waals surface area contributed by atoms with E-state index in [4.69, 9.17) is 0 Å². The van der Waals surface area contributed by atoms with E-state index < -0.39 is 0 Å². The van der Waals surface area contributed by atoms with E-state index in [2.05, 4.69) is 46.4 Å². The van der Waals surface area contributed by atoms with Crippen LogP contribution in [0.2, 0.25) is 0 Å². The average Bonchev–Trinajstić information content (AvgIpc) is 2.56. The first-order valence-electron chi connectivity index (χ1n) is 4.67. The second-order valence-corrected chi connectivity index (χ2v) is 3.50. The van der Waals surface area contributed by atoms with Crippen LogP contribution in [0.25, 0.3) is 0 Å². The first-order valence-corrected chi connectivity index (χ1v) is 4.67. The Balaban J connectivity index is 2.15. The van der Waals surface area contributed by atoms with Crippen LogP contribution in [-0.2, 0) is 6.42 Å². The third kappa shape index (κ3) is 1.99. The topological polar surface area (TPSA) is 41.6 Å². The smallest absolute Gasteiger partial charge is 0.155 e. The third-order valence-electron chi connectivity index (χ3n) is 2.13. The number of hydrogen-bond donors (Lipinski definition) is 1. The second-order valence-electron chi connectivity index (χ2n) is 3.50. The number of nitrogens with zero attached hydrogens (tertiary/aromatic N) is 2. The summed E-state index contributed by atoms with van der Waals surface area (Å²) in [6.07, 6.45) is 0.796. The van der Waals surface area contributed by atoms with Crippen LogP contribution in [-0.4, -0.2) is 15.2 Å². The lowest BCUT2D eigenvalue weighted by Crippen LogP contribution is -1.90. The SMILES string of the molecule is Cc1ccc(Cc2n[nH]c(C)n2)cc1. The fraction of sp³-hybridized carbons (Fsp3) is 0.273. The molecule has 0 fully saturated rings. The number of benzene rings is 1. The predicted molar refractivity (Wildman–Crippen MR) is 55.1 cm³/mol. The molecule has 0 radical (unpaired) electrons. The summed E-state index contributed by atoms with van der Waals surface area (Å²) >= 11 is 0. The highest BCUT2D eigenvalue weighted by Crippen LogP contribution is 2.07. The van der Waals surface area contributed by atoms with Gasteiger partial charge in [-0.15, -0.1) is 0 Å². The molecule has 0 aliphatic rings. The summed E-state index contributed by atoms with van der Waals surface area (Å²) in [6, 6.07) is 8.44. The Kier molecular flexibility index (Phi) is 2.31. The summed E-state index contributed by atoms with van der Waals surface area (Å²) in [4.78, 5) is 4.26. The minimum atomic E-state index is 0.796. The predicted octanol–water partition coefficient (Wildman–Crippen LogP) is 2.01. The summed E-state index contributed by atoms with van der Waals surface area (Å²) in [6.45, 7) is 3.99.